The Labute approximate surface area is 102 Å². The van der Waals surface area contributed by atoms with E-state index in [0.29, 0.717) is 6.04 Å². The van der Waals surface area contributed by atoms with Crippen LogP contribution in [0.2, 0.25) is 0 Å². The highest BCUT2D eigenvalue weighted by molar-refractivity contribution is 5.21. The predicted octanol–water partition coefficient (Wildman–Crippen LogP) is 2.64. The van der Waals surface area contributed by atoms with E-state index in [0.717, 1.165) is 6.54 Å². The molecule has 0 saturated carbocycles. The maximum atomic E-state index is 4.14. The van der Waals surface area contributed by atoms with Gasteiger partial charge >= 0.3 is 0 Å². The van der Waals surface area contributed by atoms with Crippen molar-refractivity contribution in [1.82, 2.24) is 15.3 Å². The highest BCUT2D eigenvalue weighted by Crippen LogP contribution is 2.12. The van der Waals surface area contributed by atoms with Crippen molar-refractivity contribution in [2.24, 2.45) is 0 Å². The monoisotopic (exact) mass is 227 g/mol. The Morgan fingerprint density at radius 2 is 2.00 bits per heavy atom. The van der Waals surface area contributed by atoms with E-state index in [1.807, 2.05) is 30.7 Å². The fourth-order valence-electron chi connectivity index (χ4n) is 1.69. The second-order valence-electron chi connectivity index (χ2n) is 4.19. The number of hydrogen-bond acceptors (Lipinski definition) is 3. The third-order valence-electron chi connectivity index (χ3n) is 2.93. The molecule has 3 heteroatoms. The van der Waals surface area contributed by atoms with Gasteiger partial charge in [0.1, 0.15) is 0 Å². The van der Waals surface area contributed by atoms with Crippen LogP contribution in [-0.4, -0.2) is 9.97 Å². The van der Waals surface area contributed by atoms with Gasteiger partial charge in [0.25, 0.3) is 0 Å². The van der Waals surface area contributed by atoms with Crippen LogP contribution in [0, 0.1) is 6.92 Å². The van der Waals surface area contributed by atoms with E-state index in [-0.39, 0.29) is 0 Å². The summed E-state index contributed by atoms with van der Waals surface area (Å²) in [5.74, 6) is 0. The summed E-state index contributed by atoms with van der Waals surface area (Å²) < 4.78 is 0. The summed E-state index contributed by atoms with van der Waals surface area (Å²) >= 11 is 0. The van der Waals surface area contributed by atoms with Crippen LogP contribution in [0.1, 0.15) is 29.7 Å². The van der Waals surface area contributed by atoms with Crippen molar-refractivity contribution in [2.75, 3.05) is 0 Å². The predicted molar refractivity (Wildman–Crippen MR) is 68.5 cm³/mol. The molecule has 0 aromatic carbocycles. The van der Waals surface area contributed by atoms with Crippen LogP contribution in [0.15, 0.2) is 43.0 Å². The van der Waals surface area contributed by atoms with Gasteiger partial charge in [-0.2, -0.15) is 0 Å². The van der Waals surface area contributed by atoms with E-state index in [1.165, 1.54) is 16.7 Å². The average Bonchev–Trinajstić information content (AvgIpc) is 2.38. The number of rotatable bonds is 4. The molecule has 1 N–H and O–H groups in total. The van der Waals surface area contributed by atoms with Gasteiger partial charge in [-0.25, -0.2) is 0 Å². The Hall–Kier alpha value is -1.74. The van der Waals surface area contributed by atoms with Crippen molar-refractivity contribution in [2.45, 2.75) is 26.4 Å². The lowest BCUT2D eigenvalue weighted by molar-refractivity contribution is 0.571. The summed E-state index contributed by atoms with van der Waals surface area (Å²) in [5.41, 5.74) is 3.71. The van der Waals surface area contributed by atoms with Gasteiger partial charge in [-0.3, -0.25) is 9.97 Å². The van der Waals surface area contributed by atoms with E-state index < -0.39 is 0 Å². The van der Waals surface area contributed by atoms with Gasteiger partial charge in [0.05, 0.1) is 0 Å². The first-order chi connectivity index (χ1) is 8.27. The summed E-state index contributed by atoms with van der Waals surface area (Å²) in [6.45, 7) is 5.08. The minimum atomic E-state index is 0.295. The first kappa shape index (κ1) is 11.7. The standard InChI is InChI=1S/C14H17N3/c1-11-5-7-16-9-14(11)10-17-12(2)13-4-3-6-15-8-13/h3-9,12,17H,10H2,1-2H3/t12-/m0/s1. The van der Waals surface area contributed by atoms with Gasteiger partial charge < -0.3 is 5.32 Å². The summed E-state index contributed by atoms with van der Waals surface area (Å²) in [7, 11) is 0. The molecule has 0 radical (unpaired) electrons. The largest absolute Gasteiger partial charge is 0.306 e. The normalized spacial score (nSPS) is 12.4. The van der Waals surface area contributed by atoms with Gasteiger partial charge in [-0.05, 0) is 42.7 Å². The first-order valence-corrected chi connectivity index (χ1v) is 5.80. The molecule has 2 aromatic heterocycles. The van der Waals surface area contributed by atoms with E-state index in [9.17, 15) is 0 Å². The van der Waals surface area contributed by atoms with Gasteiger partial charge in [-0.15, -0.1) is 0 Å². The Balaban J connectivity index is 1.97. The molecule has 0 amide bonds. The van der Waals surface area contributed by atoms with Crippen LogP contribution in [-0.2, 0) is 6.54 Å². The maximum absolute atomic E-state index is 4.14. The number of nitrogens with zero attached hydrogens (tertiary/aromatic N) is 2. The molecule has 2 heterocycles. The molecule has 0 aliphatic carbocycles. The van der Waals surface area contributed by atoms with Crippen LogP contribution in [0.4, 0.5) is 0 Å². The van der Waals surface area contributed by atoms with Crippen LogP contribution in [0.3, 0.4) is 0 Å². The Kier molecular flexibility index (Phi) is 3.83. The molecule has 0 spiro atoms. The van der Waals surface area contributed by atoms with E-state index in [1.54, 1.807) is 6.20 Å². The molecule has 0 unspecified atom stereocenters. The molecule has 1 atom stereocenters. The molecule has 3 nitrogen and oxygen atoms in total. The molecule has 2 rings (SSSR count). The molecular formula is C14H17N3. The number of nitrogens with one attached hydrogen (secondary N) is 1. The number of hydrogen-bond donors (Lipinski definition) is 1. The SMILES string of the molecule is Cc1ccncc1CN[C@@H](C)c1cccnc1. The van der Waals surface area contributed by atoms with E-state index in [2.05, 4.69) is 35.2 Å². The van der Waals surface area contributed by atoms with Gasteiger partial charge in [-0.1, -0.05) is 6.07 Å². The van der Waals surface area contributed by atoms with Crippen molar-refractivity contribution in [3.8, 4) is 0 Å². The minimum absolute atomic E-state index is 0.295. The Bertz CT molecular complexity index is 468. The number of aromatic nitrogens is 2. The van der Waals surface area contributed by atoms with Crippen LogP contribution < -0.4 is 5.32 Å². The van der Waals surface area contributed by atoms with Gasteiger partial charge in [0, 0.05) is 37.4 Å². The maximum Gasteiger partial charge on any atom is 0.0315 e. The molecule has 0 fully saturated rings. The highest BCUT2D eigenvalue weighted by atomic mass is 14.9. The van der Waals surface area contributed by atoms with Crippen molar-refractivity contribution < 1.29 is 0 Å². The summed E-state index contributed by atoms with van der Waals surface area (Å²) in [5, 5.41) is 3.48. The molecule has 0 aliphatic heterocycles. The fourth-order valence-corrected chi connectivity index (χ4v) is 1.69. The van der Waals surface area contributed by atoms with Crippen LogP contribution in [0.5, 0.6) is 0 Å². The van der Waals surface area contributed by atoms with Crippen LogP contribution in [0.25, 0.3) is 0 Å². The molecular weight excluding hydrogens is 210 g/mol. The lowest BCUT2D eigenvalue weighted by Crippen LogP contribution is -2.18. The molecule has 88 valence electrons. The second-order valence-corrected chi connectivity index (χ2v) is 4.19. The number of aryl methyl sites for hydroxylation is 1. The molecule has 0 bridgehead atoms. The highest BCUT2D eigenvalue weighted by Gasteiger charge is 2.05. The summed E-state index contributed by atoms with van der Waals surface area (Å²) in [6.07, 6.45) is 7.43. The average molecular weight is 227 g/mol. The lowest BCUT2D eigenvalue weighted by Gasteiger charge is -2.14. The minimum Gasteiger partial charge on any atom is -0.306 e. The van der Waals surface area contributed by atoms with Crippen molar-refractivity contribution in [3.63, 3.8) is 0 Å². The Morgan fingerprint density at radius 1 is 1.18 bits per heavy atom. The van der Waals surface area contributed by atoms with Gasteiger partial charge in [0.15, 0.2) is 0 Å². The third-order valence-corrected chi connectivity index (χ3v) is 2.93. The summed E-state index contributed by atoms with van der Waals surface area (Å²) in [4.78, 5) is 8.27. The smallest absolute Gasteiger partial charge is 0.0315 e. The van der Waals surface area contributed by atoms with Crippen molar-refractivity contribution >= 4 is 0 Å². The molecule has 0 aliphatic rings. The number of pyridine rings is 2. The fraction of sp³-hybridized carbons (Fsp3) is 0.286. The zero-order valence-corrected chi connectivity index (χ0v) is 10.2. The molecule has 17 heavy (non-hydrogen) atoms. The van der Waals surface area contributed by atoms with Crippen molar-refractivity contribution in [3.05, 3.63) is 59.7 Å². The quantitative estimate of drug-likeness (QED) is 0.872. The summed E-state index contributed by atoms with van der Waals surface area (Å²) in [6, 6.07) is 6.37. The molecule has 2 aromatic rings. The zero-order chi connectivity index (χ0) is 12.1. The molecule has 0 saturated heterocycles. The van der Waals surface area contributed by atoms with Crippen molar-refractivity contribution in [1.29, 1.82) is 0 Å². The zero-order valence-electron chi connectivity index (χ0n) is 10.2. The second kappa shape index (κ2) is 5.55. The Morgan fingerprint density at radius 3 is 2.71 bits per heavy atom. The topological polar surface area (TPSA) is 37.8 Å². The lowest BCUT2D eigenvalue weighted by atomic mass is 10.1. The first-order valence-electron chi connectivity index (χ1n) is 5.80. The van der Waals surface area contributed by atoms with Gasteiger partial charge in [0.2, 0.25) is 0 Å². The van der Waals surface area contributed by atoms with Crippen LogP contribution >= 0.6 is 0 Å². The third kappa shape index (κ3) is 3.11. The van der Waals surface area contributed by atoms with E-state index >= 15 is 0 Å². The van der Waals surface area contributed by atoms with E-state index in [4.69, 9.17) is 0 Å².